The number of carbonyl (C=O) groups is 2. The molecule has 30 heavy (non-hydrogen) atoms. The van der Waals surface area contributed by atoms with Crippen LogP contribution in [0.2, 0.25) is 5.02 Å². The minimum Gasteiger partial charge on any atom is -0.338 e. The monoisotopic (exact) mass is 428 g/mol. The van der Waals surface area contributed by atoms with Crippen LogP contribution in [-0.4, -0.2) is 29.8 Å². The van der Waals surface area contributed by atoms with Crippen molar-refractivity contribution >= 4 is 29.1 Å². The molecule has 1 saturated heterocycles. The number of nitrogens with one attached hydrogen (secondary N) is 1. The number of likely N-dealkylation sites (tertiary alicyclic amines) is 1. The van der Waals surface area contributed by atoms with Crippen LogP contribution < -0.4 is 5.32 Å². The average Bonchev–Trinajstić information content (AvgIpc) is 2.72. The molecule has 0 spiro atoms. The summed E-state index contributed by atoms with van der Waals surface area (Å²) in [7, 11) is 0. The smallest absolute Gasteiger partial charge is 0.258 e. The lowest BCUT2D eigenvalue weighted by atomic mass is 9.64. The van der Waals surface area contributed by atoms with E-state index in [1.165, 1.54) is 37.5 Å². The largest absolute Gasteiger partial charge is 0.338 e. The van der Waals surface area contributed by atoms with E-state index in [0.29, 0.717) is 17.2 Å². The second-order valence-electron chi connectivity index (χ2n) is 8.74. The van der Waals surface area contributed by atoms with Crippen LogP contribution in [0.25, 0.3) is 0 Å². The van der Waals surface area contributed by atoms with Crippen molar-refractivity contribution in [2.24, 2.45) is 11.3 Å². The number of hydrogen-bond acceptors (Lipinski definition) is 2. The van der Waals surface area contributed by atoms with Gasteiger partial charge in [0.2, 0.25) is 0 Å². The first-order valence-electron chi connectivity index (χ1n) is 10.5. The van der Waals surface area contributed by atoms with Crippen LogP contribution in [0.1, 0.15) is 59.7 Å². The lowest BCUT2D eigenvalue weighted by molar-refractivity contribution is 0.00982. The molecule has 2 aromatic rings. The lowest BCUT2D eigenvalue weighted by Crippen LogP contribution is -2.50. The van der Waals surface area contributed by atoms with Gasteiger partial charge in [-0.25, -0.2) is 4.39 Å². The number of piperidine rings is 1. The molecule has 158 valence electrons. The normalized spacial score (nSPS) is 23.6. The highest BCUT2D eigenvalue weighted by molar-refractivity contribution is 6.34. The van der Waals surface area contributed by atoms with Gasteiger partial charge in [-0.05, 0) is 60.9 Å². The maximum Gasteiger partial charge on any atom is 0.258 e. The number of halogens is 2. The molecule has 2 atom stereocenters. The maximum absolute atomic E-state index is 13.8. The zero-order valence-corrected chi connectivity index (χ0v) is 17.8. The van der Waals surface area contributed by atoms with Crippen molar-refractivity contribution in [2.45, 2.75) is 39.0 Å². The Balaban J connectivity index is 1.47. The first-order valence-corrected chi connectivity index (χ1v) is 10.9. The Morgan fingerprint density at radius 2 is 1.93 bits per heavy atom. The molecule has 2 fully saturated rings. The van der Waals surface area contributed by atoms with Crippen LogP contribution in [0.15, 0.2) is 42.5 Å². The van der Waals surface area contributed by atoms with E-state index in [9.17, 15) is 14.0 Å². The molecule has 2 aromatic carbocycles. The molecule has 0 bridgehead atoms. The summed E-state index contributed by atoms with van der Waals surface area (Å²) in [6, 6.07) is 10.6. The van der Waals surface area contributed by atoms with Gasteiger partial charge in [-0.15, -0.1) is 0 Å². The van der Waals surface area contributed by atoms with E-state index in [1.54, 1.807) is 24.3 Å². The molecule has 4 nitrogen and oxygen atoms in total. The summed E-state index contributed by atoms with van der Waals surface area (Å²) >= 11 is 6.40. The number of anilines is 1. The van der Waals surface area contributed by atoms with Gasteiger partial charge in [0.15, 0.2) is 0 Å². The molecule has 6 heteroatoms. The molecule has 1 aliphatic carbocycles. The van der Waals surface area contributed by atoms with E-state index in [0.717, 1.165) is 25.9 Å². The molecular formula is C24H26ClFN2O2. The number of fused-ring (bicyclic) bond motifs is 1. The number of nitrogens with zero attached hydrogens (tertiary/aromatic N) is 1. The van der Waals surface area contributed by atoms with Crippen LogP contribution in [0.3, 0.4) is 0 Å². The fourth-order valence-corrected chi connectivity index (χ4v) is 5.22. The Kier molecular flexibility index (Phi) is 5.83. The van der Waals surface area contributed by atoms with Crippen molar-refractivity contribution in [2.75, 3.05) is 18.4 Å². The molecule has 4 rings (SSSR count). The first-order chi connectivity index (χ1) is 14.4. The summed E-state index contributed by atoms with van der Waals surface area (Å²) in [6.07, 6.45) is 5.98. The fourth-order valence-electron chi connectivity index (χ4n) is 4.95. The molecule has 0 radical (unpaired) electrons. The average molecular weight is 429 g/mol. The van der Waals surface area contributed by atoms with E-state index in [4.69, 9.17) is 11.6 Å². The molecule has 1 N–H and O–H groups in total. The predicted octanol–water partition coefficient (Wildman–Crippen LogP) is 5.77. The number of benzene rings is 2. The third-order valence-electron chi connectivity index (χ3n) is 6.70. The Bertz CT molecular complexity index is 979. The number of rotatable bonds is 3. The minimum atomic E-state index is -0.590. The number of hydrogen-bond donors (Lipinski definition) is 1. The summed E-state index contributed by atoms with van der Waals surface area (Å²) in [5, 5.41) is 2.92. The summed E-state index contributed by atoms with van der Waals surface area (Å²) in [5.41, 5.74) is 0.991. The molecule has 1 heterocycles. The van der Waals surface area contributed by atoms with Crippen LogP contribution in [0, 0.1) is 17.2 Å². The van der Waals surface area contributed by atoms with Crippen molar-refractivity contribution in [1.82, 2.24) is 4.90 Å². The third kappa shape index (κ3) is 4.08. The molecule has 1 saturated carbocycles. The number of carbonyl (C=O) groups excluding carboxylic acids is 2. The van der Waals surface area contributed by atoms with Gasteiger partial charge in [-0.3, -0.25) is 9.59 Å². The summed E-state index contributed by atoms with van der Waals surface area (Å²) in [5.74, 6) is -0.526. The van der Waals surface area contributed by atoms with Gasteiger partial charge in [0.05, 0.1) is 16.1 Å². The van der Waals surface area contributed by atoms with E-state index >= 15 is 0 Å². The van der Waals surface area contributed by atoms with Gasteiger partial charge < -0.3 is 10.2 Å². The second kappa shape index (κ2) is 8.38. The Hall–Kier alpha value is -2.40. The molecule has 2 unspecified atom stereocenters. The fraction of sp³-hybridized carbons (Fsp3) is 0.417. The van der Waals surface area contributed by atoms with Gasteiger partial charge in [0.1, 0.15) is 5.82 Å². The van der Waals surface area contributed by atoms with Crippen LogP contribution >= 0.6 is 11.6 Å². The first kappa shape index (κ1) is 20.9. The van der Waals surface area contributed by atoms with Gasteiger partial charge in [-0.1, -0.05) is 43.5 Å². The summed E-state index contributed by atoms with van der Waals surface area (Å²) in [4.78, 5) is 27.4. The zero-order chi connectivity index (χ0) is 21.3. The highest BCUT2D eigenvalue weighted by atomic mass is 35.5. The maximum atomic E-state index is 13.8. The molecule has 1 aliphatic heterocycles. The SMILES string of the molecule is CC12CCCCC1CCN(C(=O)c1ccc(NC(=O)c3ccccc3F)cc1Cl)C2. The van der Waals surface area contributed by atoms with E-state index < -0.39 is 11.7 Å². The third-order valence-corrected chi connectivity index (χ3v) is 7.01. The van der Waals surface area contributed by atoms with Gasteiger partial charge in [-0.2, -0.15) is 0 Å². The van der Waals surface area contributed by atoms with Gasteiger partial charge in [0, 0.05) is 18.8 Å². The molecule has 0 aromatic heterocycles. The zero-order valence-electron chi connectivity index (χ0n) is 17.1. The van der Waals surface area contributed by atoms with Crippen LogP contribution in [0.4, 0.5) is 10.1 Å². The van der Waals surface area contributed by atoms with Crippen molar-refractivity contribution in [3.05, 3.63) is 64.4 Å². The Morgan fingerprint density at radius 1 is 1.13 bits per heavy atom. The van der Waals surface area contributed by atoms with Crippen molar-refractivity contribution in [3.8, 4) is 0 Å². The van der Waals surface area contributed by atoms with E-state index in [1.807, 2.05) is 4.90 Å². The van der Waals surface area contributed by atoms with Crippen molar-refractivity contribution in [1.29, 1.82) is 0 Å². The molecule has 2 aliphatic rings. The second-order valence-corrected chi connectivity index (χ2v) is 9.15. The van der Waals surface area contributed by atoms with E-state index in [-0.39, 0.29) is 21.9 Å². The minimum absolute atomic E-state index is 0.0441. The van der Waals surface area contributed by atoms with Gasteiger partial charge >= 0.3 is 0 Å². The highest BCUT2D eigenvalue weighted by Crippen LogP contribution is 2.46. The molecule has 2 amide bonds. The van der Waals surface area contributed by atoms with Crippen molar-refractivity contribution in [3.63, 3.8) is 0 Å². The summed E-state index contributed by atoms with van der Waals surface area (Å²) < 4.78 is 13.8. The van der Waals surface area contributed by atoms with Crippen molar-refractivity contribution < 1.29 is 14.0 Å². The van der Waals surface area contributed by atoms with Crippen LogP contribution in [-0.2, 0) is 0 Å². The number of amides is 2. The van der Waals surface area contributed by atoms with Crippen LogP contribution in [0.5, 0.6) is 0 Å². The van der Waals surface area contributed by atoms with Gasteiger partial charge in [0.25, 0.3) is 11.8 Å². The predicted molar refractivity (Wildman–Crippen MR) is 116 cm³/mol. The topological polar surface area (TPSA) is 49.4 Å². The van der Waals surface area contributed by atoms with E-state index in [2.05, 4.69) is 12.2 Å². The standard InChI is InChI=1S/C24H26ClFN2O2/c1-24-12-5-4-6-16(24)11-13-28(15-24)23(30)18-10-9-17(14-20(18)25)27-22(29)19-7-2-3-8-21(19)26/h2-3,7-10,14,16H,4-6,11-13,15H2,1H3,(H,27,29). The lowest BCUT2D eigenvalue weighted by Gasteiger charge is -2.49. The summed E-state index contributed by atoms with van der Waals surface area (Å²) in [6.45, 7) is 3.82. The quantitative estimate of drug-likeness (QED) is 0.674. The molecular weight excluding hydrogens is 403 g/mol. The Labute approximate surface area is 181 Å². The Morgan fingerprint density at radius 3 is 2.70 bits per heavy atom. The highest BCUT2D eigenvalue weighted by Gasteiger charge is 2.42.